The molecule has 0 unspecified atom stereocenters. The van der Waals surface area contributed by atoms with Crippen molar-refractivity contribution < 1.29 is 4.79 Å². The lowest BCUT2D eigenvalue weighted by atomic mass is 9.85. The predicted molar refractivity (Wildman–Crippen MR) is 76.6 cm³/mol. The van der Waals surface area contributed by atoms with Crippen molar-refractivity contribution in [3.8, 4) is 0 Å². The summed E-state index contributed by atoms with van der Waals surface area (Å²) in [4.78, 5) is 13.1. The molecule has 1 fully saturated rings. The first kappa shape index (κ1) is 15.5. The quantitative estimate of drug-likeness (QED) is 0.709. The van der Waals surface area contributed by atoms with E-state index in [0.717, 1.165) is 18.9 Å². The number of hydrogen-bond acceptors (Lipinski definition) is 2. The lowest BCUT2D eigenvalue weighted by Gasteiger charge is -2.25. The minimum atomic E-state index is 0.233. The van der Waals surface area contributed by atoms with Gasteiger partial charge >= 0.3 is 0 Å². The van der Waals surface area contributed by atoms with Crippen LogP contribution >= 0.6 is 0 Å². The van der Waals surface area contributed by atoms with Crippen molar-refractivity contribution in [2.45, 2.75) is 64.3 Å². The summed E-state index contributed by atoms with van der Waals surface area (Å²) in [5.41, 5.74) is 0. The van der Waals surface area contributed by atoms with Gasteiger partial charge in [-0.3, -0.25) is 4.79 Å². The van der Waals surface area contributed by atoms with Crippen LogP contribution in [0.1, 0.15) is 58.3 Å². The largest absolute Gasteiger partial charge is 0.349 e. The van der Waals surface area contributed by atoms with Gasteiger partial charge in [-0.15, -0.1) is 0 Å². The molecule has 1 rings (SSSR count). The highest BCUT2D eigenvalue weighted by Gasteiger charge is 2.16. The van der Waals surface area contributed by atoms with E-state index in [0.29, 0.717) is 12.5 Å². The smallest absolute Gasteiger partial charge is 0.222 e. The molecule has 0 radical (unpaired) electrons. The van der Waals surface area contributed by atoms with Crippen LogP contribution in [0.4, 0.5) is 0 Å². The number of carbonyl (C=O) groups is 1. The van der Waals surface area contributed by atoms with E-state index in [1.807, 2.05) is 14.1 Å². The predicted octanol–water partition coefficient (Wildman–Crippen LogP) is 2.80. The molecule has 3 nitrogen and oxygen atoms in total. The Morgan fingerprint density at radius 3 is 2.56 bits per heavy atom. The van der Waals surface area contributed by atoms with Crippen molar-refractivity contribution in [1.29, 1.82) is 0 Å². The third-order valence-corrected chi connectivity index (χ3v) is 3.97. The number of nitrogens with zero attached hydrogens (tertiary/aromatic N) is 1. The summed E-state index contributed by atoms with van der Waals surface area (Å²) in [6, 6.07) is 0.600. The fourth-order valence-corrected chi connectivity index (χ4v) is 2.82. The highest BCUT2D eigenvalue weighted by atomic mass is 16.2. The Kier molecular flexibility index (Phi) is 7.33. The topological polar surface area (TPSA) is 32.3 Å². The summed E-state index contributed by atoms with van der Waals surface area (Å²) in [5, 5.41) is 3.55. The maximum absolute atomic E-state index is 11.4. The molecule has 0 aromatic rings. The highest BCUT2D eigenvalue weighted by Crippen LogP contribution is 2.27. The molecule has 1 amide bonds. The van der Waals surface area contributed by atoms with Crippen LogP contribution in [-0.4, -0.2) is 37.5 Å². The van der Waals surface area contributed by atoms with Crippen LogP contribution in [0.5, 0.6) is 0 Å². The van der Waals surface area contributed by atoms with Crippen LogP contribution < -0.4 is 5.32 Å². The number of hydrogen-bond donors (Lipinski definition) is 1. The highest BCUT2D eigenvalue weighted by molar-refractivity contribution is 5.75. The van der Waals surface area contributed by atoms with E-state index >= 15 is 0 Å². The van der Waals surface area contributed by atoms with E-state index in [-0.39, 0.29) is 5.91 Å². The SMILES string of the molecule is C[C@@H](CC1CCCCC1)NCCCC(=O)N(C)C. The molecular formula is C15H30N2O. The third kappa shape index (κ3) is 6.39. The molecule has 106 valence electrons. The maximum Gasteiger partial charge on any atom is 0.222 e. The number of carbonyl (C=O) groups excluding carboxylic acids is 1. The minimum absolute atomic E-state index is 0.233. The summed E-state index contributed by atoms with van der Waals surface area (Å²) in [6.07, 6.45) is 10.1. The van der Waals surface area contributed by atoms with Crippen molar-refractivity contribution in [3.05, 3.63) is 0 Å². The standard InChI is InChI=1S/C15H30N2O/c1-13(12-14-8-5-4-6-9-14)16-11-7-10-15(18)17(2)3/h13-14,16H,4-12H2,1-3H3/t13-/m0/s1. The van der Waals surface area contributed by atoms with Crippen molar-refractivity contribution in [1.82, 2.24) is 10.2 Å². The van der Waals surface area contributed by atoms with Gasteiger partial charge in [-0.1, -0.05) is 32.1 Å². The van der Waals surface area contributed by atoms with Crippen LogP contribution in [0, 0.1) is 5.92 Å². The summed E-state index contributed by atoms with van der Waals surface area (Å²) in [5.74, 6) is 1.17. The maximum atomic E-state index is 11.4. The molecule has 0 saturated heterocycles. The van der Waals surface area contributed by atoms with E-state index in [1.54, 1.807) is 4.90 Å². The molecule has 1 saturated carbocycles. The Balaban J connectivity index is 2.02. The van der Waals surface area contributed by atoms with Gasteiger partial charge in [-0.25, -0.2) is 0 Å². The number of amides is 1. The Bertz CT molecular complexity index is 235. The Hall–Kier alpha value is -0.570. The zero-order chi connectivity index (χ0) is 13.4. The zero-order valence-corrected chi connectivity index (χ0v) is 12.4. The summed E-state index contributed by atoms with van der Waals surface area (Å²) < 4.78 is 0. The van der Waals surface area contributed by atoms with Crippen LogP contribution in [0.2, 0.25) is 0 Å². The molecule has 0 heterocycles. The van der Waals surface area contributed by atoms with Gasteiger partial charge in [0.25, 0.3) is 0 Å². The van der Waals surface area contributed by atoms with Crippen molar-refractivity contribution in [2.75, 3.05) is 20.6 Å². The first-order valence-corrected chi connectivity index (χ1v) is 7.53. The van der Waals surface area contributed by atoms with Crippen molar-refractivity contribution in [2.24, 2.45) is 5.92 Å². The summed E-state index contributed by atoms with van der Waals surface area (Å²) >= 11 is 0. The Morgan fingerprint density at radius 2 is 1.94 bits per heavy atom. The summed E-state index contributed by atoms with van der Waals surface area (Å²) in [7, 11) is 3.64. The van der Waals surface area contributed by atoms with Gasteiger partial charge in [-0.05, 0) is 32.2 Å². The molecule has 1 N–H and O–H groups in total. The van der Waals surface area contributed by atoms with Gasteiger partial charge in [0.2, 0.25) is 5.91 Å². The fourth-order valence-electron chi connectivity index (χ4n) is 2.82. The number of rotatable bonds is 7. The molecule has 1 aliphatic carbocycles. The number of nitrogens with one attached hydrogen (secondary N) is 1. The molecule has 1 atom stereocenters. The molecule has 18 heavy (non-hydrogen) atoms. The first-order valence-electron chi connectivity index (χ1n) is 7.53. The van der Waals surface area contributed by atoms with Gasteiger partial charge in [0, 0.05) is 26.6 Å². The second kappa shape index (κ2) is 8.52. The van der Waals surface area contributed by atoms with E-state index in [9.17, 15) is 4.79 Å². The zero-order valence-electron chi connectivity index (χ0n) is 12.4. The van der Waals surface area contributed by atoms with Crippen LogP contribution in [0.3, 0.4) is 0 Å². The van der Waals surface area contributed by atoms with Crippen LogP contribution in [0.25, 0.3) is 0 Å². The molecule has 0 bridgehead atoms. The molecule has 1 aliphatic rings. The second-order valence-corrected chi connectivity index (χ2v) is 5.99. The lowest BCUT2D eigenvalue weighted by Crippen LogP contribution is -2.30. The van der Waals surface area contributed by atoms with Crippen LogP contribution in [-0.2, 0) is 4.79 Å². The summed E-state index contributed by atoms with van der Waals surface area (Å²) in [6.45, 7) is 3.25. The molecule has 0 aromatic carbocycles. The van der Waals surface area contributed by atoms with Gasteiger partial charge in [-0.2, -0.15) is 0 Å². The van der Waals surface area contributed by atoms with E-state index in [1.165, 1.54) is 38.5 Å². The molecular weight excluding hydrogens is 224 g/mol. The minimum Gasteiger partial charge on any atom is -0.349 e. The normalized spacial score (nSPS) is 18.6. The Morgan fingerprint density at radius 1 is 1.28 bits per heavy atom. The molecule has 0 aromatic heterocycles. The van der Waals surface area contributed by atoms with Crippen LogP contribution in [0.15, 0.2) is 0 Å². The Labute approximate surface area is 112 Å². The second-order valence-electron chi connectivity index (χ2n) is 5.99. The van der Waals surface area contributed by atoms with Crippen molar-refractivity contribution in [3.63, 3.8) is 0 Å². The average Bonchev–Trinajstić information content (AvgIpc) is 2.35. The molecule has 0 aliphatic heterocycles. The average molecular weight is 254 g/mol. The molecule has 3 heteroatoms. The van der Waals surface area contributed by atoms with Gasteiger partial charge in [0.1, 0.15) is 0 Å². The van der Waals surface area contributed by atoms with Gasteiger partial charge in [0.05, 0.1) is 0 Å². The third-order valence-electron chi connectivity index (χ3n) is 3.97. The first-order chi connectivity index (χ1) is 8.59. The monoisotopic (exact) mass is 254 g/mol. The van der Waals surface area contributed by atoms with E-state index < -0.39 is 0 Å². The van der Waals surface area contributed by atoms with Gasteiger partial charge in [0.15, 0.2) is 0 Å². The van der Waals surface area contributed by atoms with E-state index in [4.69, 9.17) is 0 Å². The van der Waals surface area contributed by atoms with E-state index in [2.05, 4.69) is 12.2 Å². The lowest BCUT2D eigenvalue weighted by molar-refractivity contribution is -0.128. The van der Waals surface area contributed by atoms with Gasteiger partial charge < -0.3 is 10.2 Å². The van der Waals surface area contributed by atoms with Crippen molar-refractivity contribution >= 4 is 5.91 Å². The molecule has 0 spiro atoms. The fraction of sp³-hybridized carbons (Fsp3) is 0.933.